The maximum atomic E-state index is 12.5. The summed E-state index contributed by atoms with van der Waals surface area (Å²) in [6, 6.07) is 20.4. The van der Waals surface area contributed by atoms with Crippen molar-refractivity contribution in [1.82, 2.24) is 0 Å². The molecular formula is C22H13F3O4S. The van der Waals surface area contributed by atoms with Crippen molar-refractivity contribution in [3.63, 3.8) is 0 Å². The fourth-order valence-electron chi connectivity index (χ4n) is 3.15. The van der Waals surface area contributed by atoms with Crippen LogP contribution in [0.15, 0.2) is 72.8 Å². The van der Waals surface area contributed by atoms with Crippen LogP contribution in [0.5, 0.6) is 5.75 Å². The van der Waals surface area contributed by atoms with Crippen molar-refractivity contribution in [2.75, 3.05) is 0 Å². The second-order valence-corrected chi connectivity index (χ2v) is 8.18. The largest absolute Gasteiger partial charge is 0.534 e. The Hall–Kier alpha value is -3.39. The number of rotatable bonds is 4. The average molecular weight is 430 g/mol. The van der Waals surface area contributed by atoms with E-state index in [-0.39, 0.29) is 0 Å². The molecule has 4 nitrogen and oxygen atoms in total. The van der Waals surface area contributed by atoms with Crippen LogP contribution in [-0.4, -0.2) is 20.2 Å². The normalized spacial score (nSPS) is 12.2. The predicted octanol–water partition coefficient (Wildman–Crippen LogP) is 5.70. The Labute approximate surface area is 169 Å². The lowest BCUT2D eigenvalue weighted by molar-refractivity contribution is -0.0500. The Morgan fingerprint density at radius 3 is 1.77 bits per heavy atom. The summed E-state index contributed by atoms with van der Waals surface area (Å²) in [6.45, 7) is 0. The standard InChI is InChI=1S/C22H13F3O4S/c23-22(24,25)30(27,28)29-21-8-7-19-11-18(5-6-20(19)12-21)17-4-3-15-9-14(13-26)1-2-16(15)10-17/h1-13H. The quantitative estimate of drug-likeness (QED) is 0.237. The van der Waals surface area contributed by atoms with Gasteiger partial charge in [-0.2, -0.15) is 21.6 Å². The van der Waals surface area contributed by atoms with E-state index in [0.717, 1.165) is 28.2 Å². The molecule has 0 aromatic heterocycles. The molecule has 0 aliphatic carbocycles. The van der Waals surface area contributed by atoms with Crippen LogP contribution in [0.3, 0.4) is 0 Å². The number of carbonyl (C=O) groups excluding carboxylic acids is 1. The number of benzene rings is 4. The first kappa shape index (κ1) is 19.9. The fourth-order valence-corrected chi connectivity index (χ4v) is 3.60. The minimum absolute atomic E-state index is 0.413. The molecular weight excluding hydrogens is 417 g/mol. The molecule has 0 N–H and O–H groups in total. The molecule has 0 radical (unpaired) electrons. The van der Waals surface area contributed by atoms with Crippen LogP contribution in [0.4, 0.5) is 13.2 Å². The highest BCUT2D eigenvalue weighted by Crippen LogP contribution is 2.31. The summed E-state index contributed by atoms with van der Waals surface area (Å²) in [5.74, 6) is -0.413. The van der Waals surface area contributed by atoms with Crippen molar-refractivity contribution >= 4 is 37.9 Å². The fraction of sp³-hybridized carbons (Fsp3) is 0.0455. The third-order valence-corrected chi connectivity index (χ3v) is 5.61. The van der Waals surface area contributed by atoms with E-state index in [9.17, 15) is 26.4 Å². The second kappa shape index (κ2) is 7.14. The molecule has 0 amide bonds. The lowest BCUT2D eigenvalue weighted by Gasteiger charge is -2.11. The maximum absolute atomic E-state index is 12.5. The van der Waals surface area contributed by atoms with E-state index < -0.39 is 21.4 Å². The second-order valence-electron chi connectivity index (χ2n) is 6.65. The summed E-state index contributed by atoms with van der Waals surface area (Å²) in [6.07, 6.45) is 0.786. The van der Waals surface area contributed by atoms with Gasteiger partial charge >= 0.3 is 15.6 Å². The Balaban J connectivity index is 1.69. The molecule has 4 rings (SSSR count). The van der Waals surface area contributed by atoms with E-state index in [0.29, 0.717) is 16.3 Å². The van der Waals surface area contributed by atoms with Crippen molar-refractivity contribution in [3.8, 4) is 16.9 Å². The highest BCUT2D eigenvalue weighted by atomic mass is 32.2. The molecule has 0 unspecified atom stereocenters. The molecule has 152 valence electrons. The van der Waals surface area contributed by atoms with Crippen molar-refractivity contribution in [3.05, 3.63) is 78.4 Å². The van der Waals surface area contributed by atoms with Crippen molar-refractivity contribution in [1.29, 1.82) is 0 Å². The first-order valence-electron chi connectivity index (χ1n) is 8.70. The molecule has 0 saturated heterocycles. The number of carbonyl (C=O) groups is 1. The molecule has 0 atom stereocenters. The van der Waals surface area contributed by atoms with Gasteiger partial charge in [-0.1, -0.05) is 42.5 Å². The number of aldehydes is 1. The maximum Gasteiger partial charge on any atom is 0.534 e. The van der Waals surface area contributed by atoms with Crippen molar-refractivity contribution in [2.24, 2.45) is 0 Å². The van der Waals surface area contributed by atoms with Crippen molar-refractivity contribution in [2.45, 2.75) is 5.51 Å². The summed E-state index contributed by atoms with van der Waals surface area (Å²) >= 11 is 0. The SMILES string of the molecule is O=Cc1ccc2cc(-c3ccc4cc(OS(=O)(=O)C(F)(F)F)ccc4c3)ccc2c1. The van der Waals surface area contributed by atoms with Crippen LogP contribution >= 0.6 is 0 Å². The molecule has 0 fully saturated rings. The molecule has 0 saturated carbocycles. The van der Waals surface area contributed by atoms with E-state index in [2.05, 4.69) is 4.18 Å². The number of halogens is 3. The molecule has 8 heteroatoms. The molecule has 0 aliphatic heterocycles. The summed E-state index contributed by atoms with van der Waals surface area (Å²) in [5, 5.41) is 3.13. The minimum atomic E-state index is -5.72. The van der Waals surface area contributed by atoms with E-state index in [1.807, 2.05) is 30.3 Å². The molecule has 0 spiro atoms. The van der Waals surface area contributed by atoms with Gasteiger partial charge in [-0.25, -0.2) is 0 Å². The summed E-state index contributed by atoms with van der Waals surface area (Å²) in [4.78, 5) is 10.9. The molecule has 4 aromatic rings. The first-order valence-corrected chi connectivity index (χ1v) is 10.1. The van der Waals surface area contributed by atoms with Gasteiger partial charge in [-0.15, -0.1) is 0 Å². The zero-order chi connectivity index (χ0) is 21.5. The van der Waals surface area contributed by atoms with Crippen LogP contribution in [0.25, 0.3) is 32.7 Å². The molecule has 0 aliphatic rings. The lowest BCUT2D eigenvalue weighted by Crippen LogP contribution is -2.28. The lowest BCUT2D eigenvalue weighted by atomic mass is 9.98. The molecule has 4 aromatic carbocycles. The Morgan fingerprint density at radius 1 is 0.700 bits per heavy atom. The number of alkyl halides is 3. The average Bonchev–Trinajstić information content (AvgIpc) is 2.71. The first-order chi connectivity index (χ1) is 14.2. The van der Waals surface area contributed by atoms with Gasteiger partial charge in [0.15, 0.2) is 0 Å². The molecule has 0 bridgehead atoms. The zero-order valence-electron chi connectivity index (χ0n) is 15.2. The Kier molecular flexibility index (Phi) is 4.74. The van der Waals surface area contributed by atoms with Crippen LogP contribution in [0.2, 0.25) is 0 Å². The van der Waals surface area contributed by atoms with E-state index >= 15 is 0 Å². The van der Waals surface area contributed by atoms with Crippen LogP contribution in [-0.2, 0) is 10.1 Å². The van der Waals surface area contributed by atoms with Gasteiger partial charge in [0.25, 0.3) is 0 Å². The summed E-state index contributed by atoms with van der Waals surface area (Å²) < 4.78 is 64.0. The van der Waals surface area contributed by atoms with E-state index in [4.69, 9.17) is 0 Å². The van der Waals surface area contributed by atoms with Crippen LogP contribution in [0, 0.1) is 0 Å². The highest BCUT2D eigenvalue weighted by Gasteiger charge is 2.48. The minimum Gasteiger partial charge on any atom is -0.376 e. The predicted molar refractivity (Wildman–Crippen MR) is 108 cm³/mol. The third kappa shape index (κ3) is 3.73. The summed E-state index contributed by atoms with van der Waals surface area (Å²) in [5.41, 5.74) is -3.11. The Bertz CT molecular complexity index is 1390. The summed E-state index contributed by atoms with van der Waals surface area (Å²) in [7, 11) is -5.72. The van der Waals surface area contributed by atoms with Gasteiger partial charge in [0.1, 0.15) is 12.0 Å². The van der Waals surface area contributed by atoms with Gasteiger partial charge in [0.2, 0.25) is 0 Å². The zero-order valence-corrected chi connectivity index (χ0v) is 16.0. The monoisotopic (exact) mass is 430 g/mol. The number of hydrogen-bond donors (Lipinski definition) is 0. The van der Waals surface area contributed by atoms with E-state index in [1.165, 1.54) is 18.2 Å². The Morgan fingerprint density at radius 2 is 1.20 bits per heavy atom. The van der Waals surface area contributed by atoms with Gasteiger partial charge in [-0.3, -0.25) is 4.79 Å². The van der Waals surface area contributed by atoms with Crippen molar-refractivity contribution < 1.29 is 30.6 Å². The van der Waals surface area contributed by atoms with Gasteiger partial charge in [-0.05, 0) is 63.0 Å². The van der Waals surface area contributed by atoms with Gasteiger partial charge < -0.3 is 4.18 Å². The smallest absolute Gasteiger partial charge is 0.376 e. The van der Waals surface area contributed by atoms with Gasteiger partial charge in [0.05, 0.1) is 0 Å². The van der Waals surface area contributed by atoms with Gasteiger partial charge in [0, 0.05) is 5.56 Å². The topological polar surface area (TPSA) is 60.4 Å². The highest BCUT2D eigenvalue weighted by molar-refractivity contribution is 7.88. The molecule has 0 heterocycles. The van der Waals surface area contributed by atoms with E-state index in [1.54, 1.807) is 24.3 Å². The number of fused-ring (bicyclic) bond motifs is 2. The number of hydrogen-bond acceptors (Lipinski definition) is 4. The van der Waals surface area contributed by atoms with Crippen LogP contribution in [0.1, 0.15) is 10.4 Å². The third-order valence-electron chi connectivity index (χ3n) is 4.63. The van der Waals surface area contributed by atoms with Crippen LogP contribution < -0.4 is 4.18 Å². The molecule has 30 heavy (non-hydrogen) atoms.